The van der Waals surface area contributed by atoms with Gasteiger partial charge in [-0.05, 0) is 52.3 Å². The van der Waals surface area contributed by atoms with Crippen molar-refractivity contribution < 1.29 is 19.0 Å². The molecule has 2 aromatic rings. The maximum atomic E-state index is 13.1. The van der Waals surface area contributed by atoms with Crippen LogP contribution in [0.4, 0.5) is 10.1 Å². The Kier molecular flexibility index (Phi) is 4.24. The molecule has 4 nitrogen and oxygen atoms in total. The molecule has 0 unspecified atom stereocenters. The van der Waals surface area contributed by atoms with E-state index in [1.807, 2.05) is 0 Å². The lowest BCUT2D eigenvalue weighted by Crippen LogP contribution is -2.11. The van der Waals surface area contributed by atoms with Crippen molar-refractivity contribution in [2.75, 3.05) is 12.4 Å². The molecule has 104 valence electrons. The molecule has 0 saturated carbocycles. The smallest absolute Gasteiger partial charge is 0.255 e. The average Bonchev–Trinajstić information content (AvgIpc) is 2.42. The van der Waals surface area contributed by atoms with Crippen molar-refractivity contribution in [3.63, 3.8) is 0 Å². The first-order valence-electron chi connectivity index (χ1n) is 5.64. The second-order valence-electron chi connectivity index (χ2n) is 3.97. The fourth-order valence-electron chi connectivity index (χ4n) is 1.61. The predicted molar refractivity (Wildman–Crippen MR) is 76.7 cm³/mol. The van der Waals surface area contributed by atoms with E-state index in [4.69, 9.17) is 4.74 Å². The van der Waals surface area contributed by atoms with Crippen molar-refractivity contribution in [1.82, 2.24) is 0 Å². The minimum absolute atomic E-state index is 0.125. The molecule has 0 saturated heterocycles. The highest BCUT2D eigenvalue weighted by molar-refractivity contribution is 9.10. The zero-order chi connectivity index (χ0) is 14.7. The SMILES string of the molecule is COc1ccc(C(=O)Nc2ccc(F)c(Br)c2)cc1O. The summed E-state index contributed by atoms with van der Waals surface area (Å²) in [6.07, 6.45) is 0. The second kappa shape index (κ2) is 5.92. The fourth-order valence-corrected chi connectivity index (χ4v) is 1.99. The maximum absolute atomic E-state index is 13.1. The van der Waals surface area contributed by atoms with Crippen molar-refractivity contribution in [2.24, 2.45) is 0 Å². The highest BCUT2D eigenvalue weighted by atomic mass is 79.9. The van der Waals surface area contributed by atoms with E-state index in [1.165, 1.54) is 43.5 Å². The summed E-state index contributed by atoms with van der Waals surface area (Å²) >= 11 is 3.04. The standard InChI is InChI=1S/C14H11BrFNO3/c1-20-13-5-2-8(6-12(13)18)14(19)17-9-3-4-11(16)10(15)7-9/h2-7,18H,1H3,(H,17,19). The maximum Gasteiger partial charge on any atom is 0.255 e. The molecule has 1 amide bonds. The molecule has 0 aromatic heterocycles. The molecule has 20 heavy (non-hydrogen) atoms. The Morgan fingerprint density at radius 3 is 2.65 bits per heavy atom. The van der Waals surface area contributed by atoms with Crippen LogP contribution in [0.2, 0.25) is 0 Å². The number of anilines is 1. The molecular formula is C14H11BrFNO3. The van der Waals surface area contributed by atoms with Gasteiger partial charge in [-0.3, -0.25) is 4.79 Å². The Hall–Kier alpha value is -2.08. The Morgan fingerprint density at radius 2 is 2.05 bits per heavy atom. The summed E-state index contributed by atoms with van der Waals surface area (Å²) in [4.78, 5) is 12.0. The largest absolute Gasteiger partial charge is 0.504 e. The minimum atomic E-state index is -0.415. The lowest BCUT2D eigenvalue weighted by molar-refractivity contribution is 0.102. The van der Waals surface area contributed by atoms with Crippen LogP contribution in [0, 0.1) is 5.82 Å². The number of benzene rings is 2. The van der Waals surface area contributed by atoms with Crippen LogP contribution in [-0.4, -0.2) is 18.1 Å². The number of ether oxygens (including phenoxy) is 1. The van der Waals surface area contributed by atoms with Crippen molar-refractivity contribution in [2.45, 2.75) is 0 Å². The molecule has 0 heterocycles. The molecule has 0 atom stereocenters. The molecule has 0 spiro atoms. The number of halogens is 2. The van der Waals surface area contributed by atoms with Crippen molar-refractivity contribution >= 4 is 27.5 Å². The number of phenols is 1. The molecular weight excluding hydrogens is 329 g/mol. The van der Waals surface area contributed by atoms with Crippen LogP contribution in [0.15, 0.2) is 40.9 Å². The first-order valence-corrected chi connectivity index (χ1v) is 6.44. The summed E-state index contributed by atoms with van der Waals surface area (Å²) in [6.45, 7) is 0. The number of rotatable bonds is 3. The first kappa shape index (κ1) is 14.3. The summed E-state index contributed by atoms with van der Waals surface area (Å²) in [7, 11) is 1.42. The van der Waals surface area contributed by atoms with Gasteiger partial charge in [0, 0.05) is 11.3 Å². The quantitative estimate of drug-likeness (QED) is 0.898. The van der Waals surface area contributed by atoms with Gasteiger partial charge in [0.25, 0.3) is 5.91 Å². The molecule has 2 rings (SSSR count). The monoisotopic (exact) mass is 339 g/mol. The van der Waals surface area contributed by atoms with Gasteiger partial charge in [-0.25, -0.2) is 4.39 Å². The van der Waals surface area contributed by atoms with Crippen LogP contribution in [0.25, 0.3) is 0 Å². The molecule has 0 bridgehead atoms. The molecule has 6 heteroatoms. The number of phenolic OH excluding ortho intramolecular Hbond substituents is 1. The summed E-state index contributed by atoms with van der Waals surface area (Å²) in [6, 6.07) is 8.45. The van der Waals surface area contributed by atoms with Gasteiger partial charge in [-0.1, -0.05) is 0 Å². The third-order valence-electron chi connectivity index (χ3n) is 2.62. The number of methoxy groups -OCH3 is 1. The Balaban J connectivity index is 2.19. The fraction of sp³-hybridized carbons (Fsp3) is 0.0714. The molecule has 0 radical (unpaired) electrons. The zero-order valence-corrected chi connectivity index (χ0v) is 12.1. The highest BCUT2D eigenvalue weighted by Crippen LogP contribution is 2.27. The van der Waals surface area contributed by atoms with Crippen LogP contribution in [0.1, 0.15) is 10.4 Å². The van der Waals surface area contributed by atoms with Crippen LogP contribution in [0.5, 0.6) is 11.5 Å². The third-order valence-corrected chi connectivity index (χ3v) is 3.23. The van der Waals surface area contributed by atoms with Gasteiger partial charge in [-0.2, -0.15) is 0 Å². The lowest BCUT2D eigenvalue weighted by Gasteiger charge is -2.08. The van der Waals surface area contributed by atoms with Gasteiger partial charge < -0.3 is 15.2 Å². The molecule has 2 aromatic carbocycles. The van der Waals surface area contributed by atoms with Crippen LogP contribution in [-0.2, 0) is 0 Å². The molecule has 0 aliphatic rings. The molecule has 0 aliphatic carbocycles. The molecule has 2 N–H and O–H groups in total. The normalized spacial score (nSPS) is 10.2. The average molecular weight is 340 g/mol. The zero-order valence-electron chi connectivity index (χ0n) is 10.5. The Labute approximate surface area is 123 Å². The third kappa shape index (κ3) is 3.08. The summed E-state index contributed by atoms with van der Waals surface area (Å²) < 4.78 is 18.2. The second-order valence-corrected chi connectivity index (χ2v) is 4.82. The van der Waals surface area contributed by atoms with Gasteiger partial charge in [0.15, 0.2) is 11.5 Å². The topological polar surface area (TPSA) is 58.6 Å². The predicted octanol–water partition coefficient (Wildman–Crippen LogP) is 3.55. The van der Waals surface area contributed by atoms with Crippen LogP contribution < -0.4 is 10.1 Å². The van der Waals surface area contributed by atoms with Crippen molar-refractivity contribution in [3.05, 3.63) is 52.3 Å². The number of carbonyl (C=O) groups is 1. The van der Waals surface area contributed by atoms with E-state index in [1.54, 1.807) is 0 Å². The number of aromatic hydroxyl groups is 1. The van der Waals surface area contributed by atoms with Crippen molar-refractivity contribution in [3.8, 4) is 11.5 Å². The van der Waals surface area contributed by atoms with E-state index < -0.39 is 11.7 Å². The minimum Gasteiger partial charge on any atom is -0.504 e. The summed E-state index contributed by atoms with van der Waals surface area (Å²) in [5.41, 5.74) is 0.710. The summed E-state index contributed by atoms with van der Waals surface area (Å²) in [5, 5.41) is 12.2. The number of nitrogens with one attached hydrogen (secondary N) is 1. The van der Waals surface area contributed by atoms with Gasteiger partial charge in [-0.15, -0.1) is 0 Å². The van der Waals surface area contributed by atoms with Gasteiger partial charge >= 0.3 is 0 Å². The van der Waals surface area contributed by atoms with Gasteiger partial charge in [0.1, 0.15) is 5.82 Å². The number of amides is 1. The van der Waals surface area contributed by atoms with Crippen molar-refractivity contribution in [1.29, 1.82) is 0 Å². The van der Waals surface area contributed by atoms with E-state index in [0.717, 1.165) is 0 Å². The van der Waals surface area contributed by atoms with Crippen LogP contribution in [0.3, 0.4) is 0 Å². The first-order chi connectivity index (χ1) is 9.51. The van der Waals surface area contributed by atoms with E-state index in [2.05, 4.69) is 21.2 Å². The lowest BCUT2D eigenvalue weighted by atomic mass is 10.2. The highest BCUT2D eigenvalue weighted by Gasteiger charge is 2.10. The van der Waals surface area contributed by atoms with E-state index in [-0.39, 0.29) is 21.5 Å². The summed E-state index contributed by atoms with van der Waals surface area (Å²) in [5.74, 6) is -0.668. The molecule has 0 fully saturated rings. The van der Waals surface area contributed by atoms with Crippen LogP contribution >= 0.6 is 15.9 Å². The number of hydrogen-bond donors (Lipinski definition) is 2. The Bertz CT molecular complexity index is 661. The Morgan fingerprint density at radius 1 is 1.30 bits per heavy atom. The van der Waals surface area contributed by atoms with Gasteiger partial charge in [0.05, 0.1) is 11.6 Å². The molecule has 0 aliphatic heterocycles. The van der Waals surface area contributed by atoms with E-state index in [9.17, 15) is 14.3 Å². The number of carbonyl (C=O) groups excluding carboxylic acids is 1. The van der Waals surface area contributed by atoms with E-state index in [0.29, 0.717) is 5.69 Å². The van der Waals surface area contributed by atoms with E-state index >= 15 is 0 Å². The van der Waals surface area contributed by atoms with Gasteiger partial charge in [0.2, 0.25) is 0 Å². The number of hydrogen-bond acceptors (Lipinski definition) is 3.